The van der Waals surface area contributed by atoms with Crippen molar-refractivity contribution in [3.05, 3.63) is 201 Å². The largest absolute Gasteiger partial charge is 0.448 e. The molecule has 1 saturated heterocycles. The number of nitrogens with one attached hydrogen (secondary N) is 2. The summed E-state index contributed by atoms with van der Waals surface area (Å²) in [5.74, 6) is -2.60. The number of ether oxygens (including phenoxy) is 2. The quantitative estimate of drug-likeness (QED) is 0.0168. The van der Waals surface area contributed by atoms with Gasteiger partial charge in [0, 0.05) is 27.0 Å². The lowest BCUT2D eigenvalue weighted by Gasteiger charge is -2.49. The molecule has 2 N–H and O–H groups in total. The summed E-state index contributed by atoms with van der Waals surface area (Å²) in [6, 6.07) is 45.1. The Morgan fingerprint density at radius 1 is 0.822 bits per heavy atom. The molecule has 2 aliphatic rings. The van der Waals surface area contributed by atoms with Gasteiger partial charge in [-0.2, -0.15) is 4.80 Å². The second-order valence-electron chi connectivity index (χ2n) is 17.4. The van der Waals surface area contributed by atoms with E-state index >= 15 is 0 Å². The van der Waals surface area contributed by atoms with E-state index in [9.17, 15) is 23.4 Å². The normalized spacial score (nSPS) is 16.8. The summed E-state index contributed by atoms with van der Waals surface area (Å²) in [6.07, 6.45) is -1.64. The summed E-state index contributed by atoms with van der Waals surface area (Å²) in [6.45, 7) is 5.16. The first kappa shape index (κ1) is 50.5. The van der Waals surface area contributed by atoms with Crippen molar-refractivity contribution in [3.8, 4) is 0 Å². The third-order valence-electron chi connectivity index (χ3n) is 11.3. The third kappa shape index (κ3) is 11.3. The Bertz CT molecular complexity index is 3060. The average molecular weight is 1050 g/mol. The molecule has 0 radical (unpaired) electrons. The van der Waals surface area contributed by atoms with Crippen LogP contribution in [0.25, 0.3) is 0 Å². The molecule has 3 atom stereocenters. The molecule has 1 fully saturated rings. The molecule has 2 aromatic heterocycles. The van der Waals surface area contributed by atoms with Crippen molar-refractivity contribution in [1.82, 2.24) is 35.4 Å². The number of thiazole rings is 1. The number of hydrogen-bond donors (Lipinski definition) is 2. The van der Waals surface area contributed by atoms with E-state index in [1.165, 1.54) is 33.7 Å². The van der Waals surface area contributed by atoms with Crippen molar-refractivity contribution in [2.75, 3.05) is 16.2 Å². The SMILES string of the molecule is Cn1nnc(SCSC2=C(C(=O)OC(c3ccccc3)c3ccccc3)N3C(=O)[C@@H](NC(=O)/C(=N\OC(c4ccccc4)(c4ccccc4)c4ccccc4)c4csc(NC(=O)OC(C)(C)C)n4)[C@H]3S(=O)C2)n1. The third-order valence-corrected chi connectivity index (χ3v) is 15.9. The van der Waals surface area contributed by atoms with E-state index in [2.05, 4.69) is 36.2 Å². The monoisotopic (exact) mass is 1050 g/mol. The van der Waals surface area contributed by atoms with E-state index < -0.39 is 63.4 Å². The van der Waals surface area contributed by atoms with Gasteiger partial charge in [-0.15, -0.1) is 33.3 Å². The number of tetrazole rings is 1. The Morgan fingerprint density at radius 2 is 1.37 bits per heavy atom. The van der Waals surface area contributed by atoms with Gasteiger partial charge in [0.2, 0.25) is 10.8 Å². The van der Waals surface area contributed by atoms with Crippen LogP contribution in [-0.4, -0.2) is 91.7 Å². The van der Waals surface area contributed by atoms with E-state index in [-0.39, 0.29) is 33.1 Å². The maximum atomic E-state index is 15.0. The lowest BCUT2D eigenvalue weighted by molar-refractivity contribution is -0.154. The number of oxime groups is 1. The smallest absolute Gasteiger partial charge is 0.413 e. The van der Waals surface area contributed by atoms with Crippen LogP contribution in [0.5, 0.6) is 0 Å². The number of hydrogen-bond acceptors (Lipinski definition) is 16. The van der Waals surface area contributed by atoms with E-state index in [1.807, 2.05) is 152 Å². The maximum Gasteiger partial charge on any atom is 0.413 e. The number of thioether (sulfide) groups is 2. The Kier molecular flexibility index (Phi) is 15.3. The summed E-state index contributed by atoms with van der Waals surface area (Å²) < 4.78 is 26.2. The van der Waals surface area contributed by atoms with Gasteiger partial charge in [0.05, 0.1) is 28.7 Å². The van der Waals surface area contributed by atoms with Gasteiger partial charge < -0.3 is 19.6 Å². The Hall–Kier alpha value is -7.46. The number of fused-ring (bicyclic) bond motifs is 1. The van der Waals surface area contributed by atoms with Crippen molar-refractivity contribution in [3.63, 3.8) is 0 Å². The molecule has 372 valence electrons. The number of rotatable bonds is 17. The topological polar surface area (TPSA) is 209 Å². The van der Waals surface area contributed by atoms with Crippen LogP contribution in [-0.2, 0) is 52.1 Å². The van der Waals surface area contributed by atoms with E-state index in [1.54, 1.807) is 27.8 Å². The van der Waals surface area contributed by atoms with Gasteiger partial charge in [-0.3, -0.25) is 24.0 Å². The summed E-state index contributed by atoms with van der Waals surface area (Å²) >= 11 is 3.45. The van der Waals surface area contributed by atoms with E-state index in [4.69, 9.17) is 14.3 Å². The molecule has 2 aliphatic heterocycles. The Morgan fingerprint density at radius 3 is 1.89 bits per heavy atom. The summed E-state index contributed by atoms with van der Waals surface area (Å²) in [4.78, 5) is 71.4. The van der Waals surface area contributed by atoms with Crippen LogP contribution in [0.3, 0.4) is 0 Å². The van der Waals surface area contributed by atoms with Crippen molar-refractivity contribution in [1.29, 1.82) is 0 Å². The van der Waals surface area contributed by atoms with Crippen LogP contribution >= 0.6 is 34.9 Å². The van der Waals surface area contributed by atoms with Gasteiger partial charge in [-0.25, -0.2) is 14.6 Å². The molecule has 7 aromatic rings. The van der Waals surface area contributed by atoms with Crippen LogP contribution in [0.1, 0.15) is 60.4 Å². The predicted octanol–water partition coefficient (Wildman–Crippen LogP) is 8.17. The Balaban J connectivity index is 1.07. The molecule has 0 spiro atoms. The molecule has 0 saturated carbocycles. The number of amides is 3. The minimum atomic E-state index is -1.85. The number of carbonyl (C=O) groups is 4. The molecule has 0 bridgehead atoms. The summed E-state index contributed by atoms with van der Waals surface area (Å²) in [5, 5.41) is 23.2. The first-order valence-corrected chi connectivity index (χ1v) is 27.0. The maximum absolute atomic E-state index is 15.0. The molecule has 0 aliphatic carbocycles. The van der Waals surface area contributed by atoms with Gasteiger partial charge in [-0.05, 0) is 37.1 Å². The van der Waals surface area contributed by atoms with Crippen LogP contribution in [0.4, 0.5) is 9.93 Å². The number of aromatic nitrogens is 5. The minimum Gasteiger partial charge on any atom is -0.448 e. The summed E-state index contributed by atoms with van der Waals surface area (Å²) in [7, 11) is -0.214. The van der Waals surface area contributed by atoms with Crippen LogP contribution in [0.2, 0.25) is 0 Å². The summed E-state index contributed by atoms with van der Waals surface area (Å²) in [5.41, 5.74) is 0.672. The number of β-lactam (4-membered cyclic amide) rings is 1. The standard InChI is InChI=1S/C52H47N9O8S4/c1-51(2,3)68-50(65)55-48-53-38(30-70-48)40(58-69-52(35-24-14-7-15-25-35,36-26-16-8-17-27-36)37-28-18-9-19-29-37)44(62)54-41-45(63)61-42(39(31-73(66)46(41)61)71-32-72-49-56-59-60(4)57-49)47(64)67-43(33-20-10-5-11-21-33)34-22-12-6-13-23-34/h5-30,41,43,46H,31-32H2,1-4H3,(H,54,62)(H,53,55,65)/b58-40-/t41-,46-,73?/m1/s1. The average Bonchev–Trinajstić information content (AvgIpc) is 4.04. The van der Waals surface area contributed by atoms with Gasteiger partial charge in [-0.1, -0.05) is 169 Å². The molecule has 21 heteroatoms. The van der Waals surface area contributed by atoms with Crippen LogP contribution < -0.4 is 10.6 Å². The van der Waals surface area contributed by atoms with Crippen molar-refractivity contribution < 1.29 is 37.7 Å². The highest BCUT2D eigenvalue weighted by atomic mass is 32.2. The molecule has 73 heavy (non-hydrogen) atoms. The molecule has 17 nitrogen and oxygen atoms in total. The fourth-order valence-corrected chi connectivity index (χ4v) is 12.8. The van der Waals surface area contributed by atoms with Crippen molar-refractivity contribution in [2.45, 2.75) is 54.6 Å². The number of esters is 1. The predicted molar refractivity (Wildman–Crippen MR) is 279 cm³/mol. The highest BCUT2D eigenvalue weighted by Gasteiger charge is 2.58. The molecule has 1 unspecified atom stereocenters. The van der Waals surface area contributed by atoms with Gasteiger partial charge >= 0.3 is 12.1 Å². The highest BCUT2D eigenvalue weighted by Crippen LogP contribution is 2.43. The molecule has 3 amide bonds. The molecule has 9 rings (SSSR count). The van der Waals surface area contributed by atoms with Gasteiger partial charge in [0.1, 0.15) is 28.4 Å². The van der Waals surface area contributed by atoms with E-state index in [0.29, 0.717) is 37.9 Å². The second kappa shape index (κ2) is 22.1. The lowest BCUT2D eigenvalue weighted by Crippen LogP contribution is -2.74. The second-order valence-corrected chi connectivity index (χ2v) is 22.2. The molecule has 4 heterocycles. The van der Waals surface area contributed by atoms with Crippen LogP contribution in [0.15, 0.2) is 178 Å². The first-order valence-electron chi connectivity index (χ1n) is 22.7. The van der Waals surface area contributed by atoms with E-state index in [0.717, 1.165) is 16.2 Å². The van der Waals surface area contributed by atoms with Crippen molar-refractivity contribution >= 4 is 80.4 Å². The van der Waals surface area contributed by atoms with Gasteiger partial charge in [0.25, 0.3) is 11.8 Å². The number of anilines is 1. The molecule has 5 aromatic carbocycles. The van der Waals surface area contributed by atoms with Crippen molar-refractivity contribution in [2.24, 2.45) is 12.2 Å². The number of aryl methyl sites for hydroxylation is 1. The molecular formula is C52H47N9O8S4. The van der Waals surface area contributed by atoms with Gasteiger partial charge in [0.15, 0.2) is 16.9 Å². The lowest BCUT2D eigenvalue weighted by atomic mass is 9.80. The highest BCUT2D eigenvalue weighted by molar-refractivity contribution is 8.18. The zero-order valence-corrected chi connectivity index (χ0v) is 43.0. The first-order chi connectivity index (χ1) is 35.3. The minimum absolute atomic E-state index is 0.0177. The zero-order chi connectivity index (χ0) is 51.1. The fraction of sp³-hybridized carbons (Fsp3) is 0.212. The zero-order valence-electron chi connectivity index (χ0n) is 39.7. The van der Waals surface area contributed by atoms with Crippen LogP contribution in [0, 0.1) is 0 Å². The Labute approximate surface area is 435 Å². The number of nitrogens with zero attached hydrogens (tertiary/aromatic N) is 7. The fourth-order valence-electron chi connectivity index (χ4n) is 8.10. The molecular weight excluding hydrogens is 1010 g/mol. The number of carbonyl (C=O) groups excluding carboxylic acids is 4. The number of benzene rings is 5.